The van der Waals surface area contributed by atoms with Crippen molar-refractivity contribution in [3.63, 3.8) is 0 Å². The van der Waals surface area contributed by atoms with Crippen LogP contribution in [0.1, 0.15) is 87.7 Å². The van der Waals surface area contributed by atoms with Gasteiger partial charge in [-0.25, -0.2) is 0 Å². The second kappa shape index (κ2) is 13.9. The summed E-state index contributed by atoms with van der Waals surface area (Å²) >= 11 is 0. The number of fused-ring (bicyclic) bond motifs is 6. The van der Waals surface area contributed by atoms with Crippen LogP contribution in [0.2, 0.25) is 0 Å². The Kier molecular flexibility index (Phi) is 9.95. The summed E-state index contributed by atoms with van der Waals surface area (Å²) in [5, 5.41) is 10.5. The molecule has 2 aromatic rings. The lowest BCUT2D eigenvalue weighted by atomic mass is 9.79. The molecule has 0 bridgehead atoms. The van der Waals surface area contributed by atoms with Gasteiger partial charge < -0.3 is 18.9 Å². The second-order valence-corrected chi connectivity index (χ2v) is 14.6. The highest BCUT2D eigenvalue weighted by Crippen LogP contribution is 2.45. The van der Waals surface area contributed by atoms with E-state index in [4.69, 9.17) is 29.2 Å². The van der Waals surface area contributed by atoms with Crippen molar-refractivity contribution in [2.45, 2.75) is 78.3 Å². The van der Waals surface area contributed by atoms with Crippen molar-refractivity contribution in [3.8, 4) is 23.0 Å². The smallest absolute Gasteiger partial charge is 0.161 e. The lowest BCUT2D eigenvalue weighted by Crippen LogP contribution is -2.47. The molecule has 0 N–H and O–H groups in total. The van der Waals surface area contributed by atoms with Crippen LogP contribution in [0, 0.1) is 23.7 Å². The molecule has 8 nitrogen and oxygen atoms in total. The summed E-state index contributed by atoms with van der Waals surface area (Å²) in [5.74, 6) is 5.26. The first-order valence-corrected chi connectivity index (χ1v) is 17.3. The predicted molar refractivity (Wildman–Crippen MR) is 185 cm³/mol. The first kappa shape index (κ1) is 32.8. The molecular formula is C38H54N4O4. The van der Waals surface area contributed by atoms with Gasteiger partial charge in [-0.1, -0.05) is 27.7 Å². The molecule has 0 aromatic heterocycles. The van der Waals surface area contributed by atoms with Gasteiger partial charge in [-0.05, 0) is 84.0 Å². The first-order chi connectivity index (χ1) is 22.2. The van der Waals surface area contributed by atoms with Crippen LogP contribution in [0.5, 0.6) is 23.0 Å². The molecule has 2 fully saturated rings. The maximum atomic E-state index is 5.73. The zero-order valence-electron chi connectivity index (χ0n) is 29.3. The lowest BCUT2D eigenvalue weighted by Gasteiger charge is -2.45. The van der Waals surface area contributed by atoms with Crippen LogP contribution >= 0.6 is 0 Å². The minimum Gasteiger partial charge on any atom is -0.493 e. The minimum absolute atomic E-state index is 0.284. The van der Waals surface area contributed by atoms with E-state index in [2.05, 4.69) is 61.8 Å². The van der Waals surface area contributed by atoms with Crippen LogP contribution in [0.4, 0.5) is 0 Å². The van der Waals surface area contributed by atoms with Gasteiger partial charge in [0.2, 0.25) is 0 Å². The number of rotatable bonds is 9. The fourth-order valence-corrected chi connectivity index (χ4v) is 8.51. The molecule has 0 radical (unpaired) electrons. The molecule has 4 aliphatic rings. The van der Waals surface area contributed by atoms with Gasteiger partial charge >= 0.3 is 0 Å². The highest BCUT2D eigenvalue weighted by Gasteiger charge is 2.40. The molecule has 4 heterocycles. The largest absolute Gasteiger partial charge is 0.493 e. The molecule has 250 valence electrons. The van der Waals surface area contributed by atoms with Gasteiger partial charge in [0, 0.05) is 74.4 Å². The van der Waals surface area contributed by atoms with Crippen molar-refractivity contribution in [2.75, 3.05) is 54.6 Å². The molecule has 0 spiro atoms. The third kappa shape index (κ3) is 6.52. The maximum absolute atomic E-state index is 5.73. The molecule has 4 atom stereocenters. The Balaban J connectivity index is 1.35. The fraction of sp³-hybridized carbons (Fsp3) is 0.632. The fourth-order valence-electron chi connectivity index (χ4n) is 8.51. The van der Waals surface area contributed by atoms with Crippen molar-refractivity contribution >= 4 is 11.4 Å². The lowest BCUT2D eigenvalue weighted by molar-refractivity contribution is 0.146. The van der Waals surface area contributed by atoms with Gasteiger partial charge in [0.15, 0.2) is 23.0 Å². The van der Waals surface area contributed by atoms with Crippen LogP contribution in [-0.4, -0.2) is 75.8 Å². The molecule has 46 heavy (non-hydrogen) atoms. The van der Waals surface area contributed by atoms with Gasteiger partial charge in [0.05, 0.1) is 28.4 Å². The van der Waals surface area contributed by atoms with E-state index in [1.54, 1.807) is 28.4 Å². The van der Waals surface area contributed by atoms with E-state index in [0.29, 0.717) is 23.7 Å². The molecule has 0 aliphatic carbocycles. The Morgan fingerprint density at radius 2 is 0.978 bits per heavy atom. The number of nitrogens with zero attached hydrogens (tertiary/aromatic N) is 4. The number of hydrogen-bond acceptors (Lipinski definition) is 8. The van der Waals surface area contributed by atoms with Crippen LogP contribution in [0.3, 0.4) is 0 Å². The molecule has 8 heteroatoms. The quantitative estimate of drug-likeness (QED) is 0.274. The van der Waals surface area contributed by atoms with Crippen LogP contribution < -0.4 is 18.9 Å². The summed E-state index contributed by atoms with van der Waals surface area (Å²) < 4.78 is 22.8. The van der Waals surface area contributed by atoms with Crippen LogP contribution in [0.25, 0.3) is 0 Å². The van der Waals surface area contributed by atoms with E-state index >= 15 is 0 Å². The molecule has 0 unspecified atom stereocenters. The molecule has 2 saturated heterocycles. The monoisotopic (exact) mass is 630 g/mol. The average Bonchev–Trinajstić information content (AvgIpc) is 3.05. The van der Waals surface area contributed by atoms with Gasteiger partial charge in [-0.3, -0.25) is 9.80 Å². The number of methoxy groups -OCH3 is 4. The predicted octanol–water partition coefficient (Wildman–Crippen LogP) is 7.15. The van der Waals surface area contributed by atoms with Gasteiger partial charge in [0.25, 0.3) is 0 Å². The molecular weight excluding hydrogens is 576 g/mol. The normalized spacial score (nSPS) is 26.5. The summed E-state index contributed by atoms with van der Waals surface area (Å²) in [6.07, 6.45) is 6.13. The van der Waals surface area contributed by atoms with Crippen molar-refractivity contribution in [2.24, 2.45) is 33.9 Å². The Morgan fingerprint density at radius 1 is 0.609 bits per heavy atom. The van der Waals surface area contributed by atoms with Gasteiger partial charge in [0.1, 0.15) is 0 Å². The molecule has 4 aliphatic heterocycles. The average molecular weight is 631 g/mol. The highest BCUT2D eigenvalue weighted by molar-refractivity contribution is 5.92. The molecule has 0 saturated carbocycles. The van der Waals surface area contributed by atoms with Crippen molar-refractivity contribution in [3.05, 3.63) is 46.5 Å². The zero-order valence-corrected chi connectivity index (χ0v) is 29.3. The van der Waals surface area contributed by atoms with Crippen LogP contribution in [0.15, 0.2) is 34.5 Å². The zero-order chi connectivity index (χ0) is 32.5. The summed E-state index contributed by atoms with van der Waals surface area (Å²) in [7, 11) is 6.89. The van der Waals surface area contributed by atoms with E-state index in [-0.39, 0.29) is 12.1 Å². The Hall–Kier alpha value is -3.10. The van der Waals surface area contributed by atoms with E-state index in [1.165, 1.54) is 33.7 Å². The Bertz CT molecular complexity index is 1360. The highest BCUT2D eigenvalue weighted by atomic mass is 16.5. The Labute approximate surface area is 276 Å². The summed E-state index contributed by atoms with van der Waals surface area (Å²) in [4.78, 5) is 5.35. The second-order valence-electron chi connectivity index (χ2n) is 14.6. The summed E-state index contributed by atoms with van der Waals surface area (Å²) in [5.41, 5.74) is 7.93. The molecule has 0 amide bonds. The van der Waals surface area contributed by atoms with Crippen molar-refractivity contribution in [1.29, 1.82) is 0 Å². The third-order valence-corrected chi connectivity index (χ3v) is 10.7. The van der Waals surface area contributed by atoms with E-state index in [1.807, 2.05) is 0 Å². The minimum atomic E-state index is 0.284. The molecule has 2 aromatic carbocycles. The summed E-state index contributed by atoms with van der Waals surface area (Å²) in [6, 6.07) is 9.34. The van der Waals surface area contributed by atoms with Gasteiger partial charge in [-0.2, -0.15) is 10.2 Å². The van der Waals surface area contributed by atoms with Crippen molar-refractivity contribution < 1.29 is 18.9 Å². The number of ether oxygens (including phenoxy) is 4. The van der Waals surface area contributed by atoms with Crippen LogP contribution in [-0.2, 0) is 12.8 Å². The van der Waals surface area contributed by atoms with E-state index in [0.717, 1.165) is 87.7 Å². The first-order valence-electron chi connectivity index (χ1n) is 17.3. The standard InChI is InChI=1S/C38H54N4O4/c1-23(2)13-27-21-41-11-9-25-15-35(43-5)37(45-7)17-29(25)33(41)19-31(27)39-40-32-20-34-30-18-38(46-8)36(44-6)16-26(30)10-12-42(34)22-28(32)14-24(3)4/h15-18,23-24,27-28,33-34H,9-14,19-22H2,1-8H3/b39-31+,40-32+/t27-,28+,33-,34-/m0/s1. The topological polar surface area (TPSA) is 68.1 Å². The third-order valence-electron chi connectivity index (χ3n) is 10.7. The number of hydrogen-bond donors (Lipinski definition) is 0. The van der Waals surface area contributed by atoms with E-state index in [9.17, 15) is 0 Å². The summed E-state index contributed by atoms with van der Waals surface area (Å²) in [6.45, 7) is 13.5. The number of piperidine rings is 2. The van der Waals surface area contributed by atoms with Gasteiger partial charge in [-0.15, -0.1) is 0 Å². The SMILES string of the molecule is COc1cc2c(cc1OC)[C@@H]1C/C(=N\N=C3/C[C@H]4c5cc(OC)c(OC)cc5CCN4C[C@@H]3CC(C)C)[C@H](CC(C)C)CN1CC2. The van der Waals surface area contributed by atoms with E-state index < -0.39 is 0 Å². The molecule has 6 rings (SSSR count). The number of benzene rings is 2. The van der Waals surface area contributed by atoms with Crippen molar-refractivity contribution in [1.82, 2.24) is 9.80 Å². The Morgan fingerprint density at radius 3 is 1.33 bits per heavy atom. The maximum Gasteiger partial charge on any atom is 0.161 e.